The molecule has 32 heavy (non-hydrogen) atoms. The van der Waals surface area contributed by atoms with Crippen molar-refractivity contribution in [3.05, 3.63) is 84.1 Å². The van der Waals surface area contributed by atoms with Crippen molar-refractivity contribution >= 4 is 40.3 Å². The van der Waals surface area contributed by atoms with Crippen LogP contribution >= 0.6 is 0 Å². The lowest BCUT2D eigenvalue weighted by atomic mass is 9.84. The number of carbonyl (C=O) groups excluding carboxylic acids is 3. The molecule has 0 N–H and O–H groups in total. The Morgan fingerprint density at radius 2 is 1.59 bits per heavy atom. The molecule has 0 spiro atoms. The average molecular weight is 424 g/mol. The summed E-state index contributed by atoms with van der Waals surface area (Å²) < 4.78 is 5.06. The maximum atomic E-state index is 13.8. The number of nitrogens with zero attached hydrogens (tertiary/aromatic N) is 2. The molecule has 3 aliphatic rings. The van der Waals surface area contributed by atoms with E-state index in [4.69, 9.17) is 4.74 Å². The predicted molar refractivity (Wildman–Crippen MR) is 119 cm³/mol. The fraction of sp³-hybridized carbons (Fsp3) is 0.192. The molecule has 0 saturated carbocycles. The number of hydrogen-bond acceptors (Lipinski definition) is 5. The third-order valence-electron chi connectivity index (χ3n) is 6.90. The van der Waals surface area contributed by atoms with Crippen LogP contribution < -0.4 is 4.90 Å². The number of fused-ring (bicyclic) bond motifs is 6. The number of benzene rings is 3. The summed E-state index contributed by atoms with van der Waals surface area (Å²) in [6.07, 6.45) is 3.73. The van der Waals surface area contributed by atoms with Crippen LogP contribution in [0.2, 0.25) is 0 Å². The van der Waals surface area contributed by atoms with Crippen molar-refractivity contribution in [2.45, 2.75) is 12.1 Å². The third-order valence-corrected chi connectivity index (χ3v) is 6.90. The highest BCUT2D eigenvalue weighted by molar-refractivity contribution is 6.24. The molecule has 0 aromatic heterocycles. The van der Waals surface area contributed by atoms with Gasteiger partial charge in [-0.25, -0.2) is 9.69 Å². The Morgan fingerprint density at radius 1 is 0.875 bits per heavy atom. The van der Waals surface area contributed by atoms with Gasteiger partial charge >= 0.3 is 5.97 Å². The maximum Gasteiger partial charge on any atom is 0.329 e. The van der Waals surface area contributed by atoms with E-state index in [-0.39, 0.29) is 11.8 Å². The highest BCUT2D eigenvalue weighted by atomic mass is 16.5. The number of anilines is 1. The predicted octanol–water partition coefficient (Wildman–Crippen LogP) is 3.53. The van der Waals surface area contributed by atoms with Crippen LogP contribution in [0, 0.1) is 11.8 Å². The Hall–Kier alpha value is -3.93. The summed E-state index contributed by atoms with van der Waals surface area (Å²) in [6.45, 7) is 0. The minimum absolute atomic E-state index is 0.276. The van der Waals surface area contributed by atoms with E-state index in [1.165, 1.54) is 12.0 Å². The summed E-state index contributed by atoms with van der Waals surface area (Å²) in [7, 11) is 1.31. The Bertz CT molecular complexity index is 1330. The second-order valence-corrected chi connectivity index (χ2v) is 8.40. The molecule has 4 atom stereocenters. The van der Waals surface area contributed by atoms with Crippen molar-refractivity contribution in [2.75, 3.05) is 12.0 Å². The summed E-state index contributed by atoms with van der Waals surface area (Å²) in [6, 6.07) is 19.9. The van der Waals surface area contributed by atoms with E-state index in [1.807, 2.05) is 77.8 Å². The standard InChI is InChI=1S/C26H20N2O4/c1-32-26(31)23-21-20(22-19-9-5-4-7-16(19)12-13-27(22)23)24(29)28(25(21)30)18-11-10-15-6-2-3-8-17(15)14-18/h2-14,20-23H,1H3/t20-,21-,22+,23+/m0/s1. The molecule has 0 radical (unpaired) electrons. The molecule has 3 aromatic carbocycles. The zero-order valence-corrected chi connectivity index (χ0v) is 17.3. The topological polar surface area (TPSA) is 66.9 Å². The average Bonchev–Trinajstić information content (AvgIpc) is 3.31. The zero-order valence-electron chi connectivity index (χ0n) is 17.3. The van der Waals surface area contributed by atoms with Crippen LogP contribution in [0.15, 0.2) is 72.9 Å². The van der Waals surface area contributed by atoms with E-state index < -0.39 is 29.9 Å². The first-order valence-electron chi connectivity index (χ1n) is 10.6. The maximum absolute atomic E-state index is 13.8. The van der Waals surface area contributed by atoms with Gasteiger partial charge in [-0.15, -0.1) is 0 Å². The molecule has 3 aromatic rings. The van der Waals surface area contributed by atoms with Crippen molar-refractivity contribution in [1.29, 1.82) is 0 Å². The monoisotopic (exact) mass is 424 g/mol. The number of rotatable bonds is 2. The third kappa shape index (κ3) is 2.43. The fourth-order valence-corrected chi connectivity index (χ4v) is 5.52. The lowest BCUT2D eigenvalue weighted by Gasteiger charge is -2.34. The molecule has 2 saturated heterocycles. The molecular weight excluding hydrogens is 404 g/mol. The number of esters is 1. The van der Waals surface area contributed by atoms with Crippen LogP contribution in [-0.4, -0.2) is 35.8 Å². The van der Waals surface area contributed by atoms with Gasteiger partial charge in [-0.1, -0.05) is 54.6 Å². The summed E-state index contributed by atoms with van der Waals surface area (Å²) in [5.41, 5.74) is 2.46. The highest BCUT2D eigenvalue weighted by Crippen LogP contribution is 2.53. The molecule has 6 nitrogen and oxygen atoms in total. The fourth-order valence-electron chi connectivity index (χ4n) is 5.52. The van der Waals surface area contributed by atoms with Crippen LogP contribution in [0.4, 0.5) is 5.69 Å². The van der Waals surface area contributed by atoms with Gasteiger partial charge < -0.3 is 9.64 Å². The summed E-state index contributed by atoms with van der Waals surface area (Å²) in [5, 5.41) is 1.97. The molecule has 0 bridgehead atoms. The number of imide groups is 1. The number of methoxy groups -OCH3 is 1. The Morgan fingerprint density at radius 3 is 2.41 bits per heavy atom. The lowest BCUT2D eigenvalue weighted by Crippen LogP contribution is -2.44. The van der Waals surface area contributed by atoms with Crippen LogP contribution in [-0.2, 0) is 19.1 Å². The van der Waals surface area contributed by atoms with Crippen molar-refractivity contribution < 1.29 is 19.1 Å². The number of carbonyl (C=O) groups is 3. The molecule has 2 fully saturated rings. The Kier molecular flexibility index (Phi) is 3.99. The quantitative estimate of drug-likeness (QED) is 0.465. The largest absolute Gasteiger partial charge is 0.467 e. The van der Waals surface area contributed by atoms with Crippen LogP contribution in [0.5, 0.6) is 0 Å². The molecule has 0 unspecified atom stereocenters. The van der Waals surface area contributed by atoms with Gasteiger partial charge in [-0.3, -0.25) is 9.59 Å². The van der Waals surface area contributed by atoms with E-state index in [2.05, 4.69) is 0 Å². The van der Waals surface area contributed by atoms with Gasteiger partial charge in [0.1, 0.15) is 6.04 Å². The van der Waals surface area contributed by atoms with Gasteiger partial charge in [-0.2, -0.15) is 0 Å². The van der Waals surface area contributed by atoms with E-state index in [1.54, 1.807) is 6.07 Å². The van der Waals surface area contributed by atoms with E-state index >= 15 is 0 Å². The van der Waals surface area contributed by atoms with E-state index in [9.17, 15) is 14.4 Å². The molecule has 6 heteroatoms. The van der Waals surface area contributed by atoms with Gasteiger partial charge in [0, 0.05) is 6.20 Å². The smallest absolute Gasteiger partial charge is 0.329 e. The van der Waals surface area contributed by atoms with Crippen LogP contribution in [0.25, 0.3) is 16.8 Å². The van der Waals surface area contributed by atoms with Crippen LogP contribution in [0.3, 0.4) is 0 Å². The molecule has 3 aliphatic heterocycles. The Balaban J connectivity index is 1.49. The number of hydrogen-bond donors (Lipinski definition) is 0. The van der Waals surface area contributed by atoms with Gasteiger partial charge in [0.2, 0.25) is 11.8 Å². The van der Waals surface area contributed by atoms with Crippen molar-refractivity contribution in [3.63, 3.8) is 0 Å². The second-order valence-electron chi connectivity index (χ2n) is 8.40. The van der Waals surface area contributed by atoms with Crippen molar-refractivity contribution in [1.82, 2.24) is 4.90 Å². The minimum atomic E-state index is -0.846. The van der Waals surface area contributed by atoms with Gasteiger partial charge in [0.15, 0.2) is 0 Å². The normalized spacial score (nSPS) is 25.7. The molecule has 0 aliphatic carbocycles. The van der Waals surface area contributed by atoms with Crippen molar-refractivity contribution in [2.24, 2.45) is 11.8 Å². The van der Waals surface area contributed by atoms with Gasteiger partial charge in [0.05, 0.1) is 30.7 Å². The molecular formula is C26H20N2O4. The molecule has 158 valence electrons. The van der Waals surface area contributed by atoms with Crippen molar-refractivity contribution in [3.8, 4) is 0 Å². The molecule has 6 rings (SSSR count). The Labute approximate surface area is 184 Å². The molecule has 3 heterocycles. The first-order chi connectivity index (χ1) is 15.6. The zero-order chi connectivity index (χ0) is 22.0. The summed E-state index contributed by atoms with van der Waals surface area (Å²) >= 11 is 0. The SMILES string of the molecule is COC(=O)[C@H]1[C@H]2C(=O)N(c3ccc4ccccc4c3)C(=O)[C@@H]2[C@H]2c3ccccc3C=CN21. The highest BCUT2D eigenvalue weighted by Gasteiger charge is 2.65. The second kappa shape index (κ2) is 6.79. The van der Waals surface area contributed by atoms with E-state index in [0.717, 1.165) is 21.9 Å². The van der Waals surface area contributed by atoms with Gasteiger partial charge in [0.25, 0.3) is 0 Å². The number of amides is 2. The first kappa shape index (κ1) is 18.8. The first-order valence-corrected chi connectivity index (χ1v) is 10.6. The summed E-state index contributed by atoms with van der Waals surface area (Å²) in [4.78, 5) is 43.3. The van der Waals surface area contributed by atoms with E-state index in [0.29, 0.717) is 5.69 Å². The summed E-state index contributed by atoms with van der Waals surface area (Å²) in [5.74, 6) is -2.60. The lowest BCUT2D eigenvalue weighted by molar-refractivity contribution is -0.148. The minimum Gasteiger partial charge on any atom is -0.467 e. The molecule has 2 amide bonds. The number of ether oxygens (including phenoxy) is 1. The van der Waals surface area contributed by atoms with Gasteiger partial charge in [-0.05, 0) is 40.1 Å². The van der Waals surface area contributed by atoms with Crippen LogP contribution in [0.1, 0.15) is 17.2 Å².